The van der Waals surface area contributed by atoms with Crippen LogP contribution in [0.25, 0.3) is 0 Å². The molecule has 0 saturated heterocycles. The first kappa shape index (κ1) is 14.3. The lowest BCUT2D eigenvalue weighted by molar-refractivity contribution is 0.586. The smallest absolute Gasteiger partial charge is 0.150 e. The largest absolute Gasteiger partial charge is 0.376 e. The third kappa shape index (κ3) is 3.45. The lowest BCUT2D eigenvalue weighted by Crippen LogP contribution is -2.04. The van der Waals surface area contributed by atoms with E-state index in [1.165, 1.54) is 12.1 Å². The Balaban J connectivity index is 2.16. The van der Waals surface area contributed by atoms with Crippen LogP contribution in [0.4, 0.5) is 14.5 Å². The Morgan fingerprint density at radius 1 is 1.16 bits per heavy atom. The second-order valence-electron chi connectivity index (χ2n) is 4.18. The third-order valence-electron chi connectivity index (χ3n) is 2.71. The van der Waals surface area contributed by atoms with Crippen molar-refractivity contribution in [3.8, 4) is 0 Å². The van der Waals surface area contributed by atoms with Gasteiger partial charge in [-0.15, -0.1) is 0 Å². The van der Waals surface area contributed by atoms with E-state index in [2.05, 4.69) is 21.2 Å². The molecule has 1 N–H and O–H groups in total. The summed E-state index contributed by atoms with van der Waals surface area (Å²) in [7, 11) is 0. The molecule has 0 bridgehead atoms. The minimum atomic E-state index is -0.634. The molecule has 0 unspecified atom stereocenters. The molecule has 5 heteroatoms. The zero-order chi connectivity index (χ0) is 14.0. The van der Waals surface area contributed by atoms with Gasteiger partial charge in [0.15, 0.2) is 0 Å². The predicted molar refractivity (Wildman–Crippen MR) is 77.6 cm³/mol. The molecular formula is C14H11BrClF2N. The van der Waals surface area contributed by atoms with Crippen LogP contribution < -0.4 is 5.32 Å². The van der Waals surface area contributed by atoms with E-state index in [0.29, 0.717) is 16.0 Å². The molecule has 100 valence electrons. The van der Waals surface area contributed by atoms with Crippen LogP contribution in [0.5, 0.6) is 0 Å². The summed E-state index contributed by atoms with van der Waals surface area (Å²) in [5.41, 5.74) is 1.68. The highest BCUT2D eigenvalue weighted by atomic mass is 79.9. The van der Waals surface area contributed by atoms with Crippen LogP contribution in [0, 0.1) is 18.6 Å². The Hall–Kier alpha value is -1.13. The van der Waals surface area contributed by atoms with Crippen LogP contribution >= 0.6 is 27.5 Å². The molecule has 19 heavy (non-hydrogen) atoms. The highest BCUT2D eigenvalue weighted by molar-refractivity contribution is 9.10. The van der Waals surface area contributed by atoms with Crippen LogP contribution in [0.3, 0.4) is 0 Å². The van der Waals surface area contributed by atoms with Crippen molar-refractivity contribution in [1.82, 2.24) is 0 Å². The molecule has 2 aromatic carbocycles. The van der Waals surface area contributed by atoms with Crippen molar-refractivity contribution in [3.63, 3.8) is 0 Å². The van der Waals surface area contributed by atoms with E-state index >= 15 is 0 Å². The molecule has 0 radical (unpaired) electrons. The normalized spacial score (nSPS) is 10.6. The number of benzene rings is 2. The van der Waals surface area contributed by atoms with E-state index in [9.17, 15) is 8.78 Å². The lowest BCUT2D eigenvalue weighted by atomic mass is 10.1. The Labute approximate surface area is 123 Å². The SMILES string of the molecule is Cc1ccc(CNc2c(F)cc(Br)cc2F)cc1Cl. The monoisotopic (exact) mass is 345 g/mol. The molecule has 0 saturated carbocycles. The molecule has 0 heterocycles. The van der Waals surface area contributed by atoms with Crippen LogP contribution in [0.15, 0.2) is 34.8 Å². The van der Waals surface area contributed by atoms with Crippen molar-refractivity contribution in [2.24, 2.45) is 0 Å². The predicted octanol–water partition coefficient (Wildman–Crippen LogP) is 5.30. The number of rotatable bonds is 3. The van der Waals surface area contributed by atoms with Gasteiger partial charge in [-0.25, -0.2) is 8.78 Å². The lowest BCUT2D eigenvalue weighted by Gasteiger charge is -2.10. The Morgan fingerprint density at radius 3 is 2.37 bits per heavy atom. The molecule has 0 atom stereocenters. The Kier molecular flexibility index (Phi) is 4.42. The minimum absolute atomic E-state index is 0.139. The van der Waals surface area contributed by atoms with Crippen LogP contribution in [0.2, 0.25) is 5.02 Å². The van der Waals surface area contributed by atoms with E-state index in [0.717, 1.165) is 11.1 Å². The van der Waals surface area contributed by atoms with Gasteiger partial charge in [0.2, 0.25) is 0 Å². The summed E-state index contributed by atoms with van der Waals surface area (Å²) in [6.45, 7) is 2.20. The molecule has 0 spiro atoms. The van der Waals surface area contributed by atoms with Gasteiger partial charge in [0, 0.05) is 16.0 Å². The first-order valence-electron chi connectivity index (χ1n) is 5.61. The Morgan fingerprint density at radius 2 is 1.79 bits per heavy atom. The number of nitrogens with one attached hydrogen (secondary N) is 1. The van der Waals surface area contributed by atoms with Crippen molar-refractivity contribution in [1.29, 1.82) is 0 Å². The van der Waals surface area contributed by atoms with Gasteiger partial charge >= 0.3 is 0 Å². The molecule has 1 nitrogen and oxygen atoms in total. The highest BCUT2D eigenvalue weighted by Crippen LogP contribution is 2.25. The van der Waals surface area contributed by atoms with Gasteiger partial charge in [-0.3, -0.25) is 0 Å². The van der Waals surface area contributed by atoms with Gasteiger partial charge in [-0.2, -0.15) is 0 Å². The maximum atomic E-state index is 13.6. The first-order valence-corrected chi connectivity index (χ1v) is 6.78. The fourth-order valence-corrected chi connectivity index (χ4v) is 2.25. The third-order valence-corrected chi connectivity index (χ3v) is 3.58. The summed E-state index contributed by atoms with van der Waals surface area (Å²) >= 11 is 9.03. The van der Waals surface area contributed by atoms with Crippen LogP contribution in [-0.2, 0) is 6.54 Å². The van der Waals surface area contributed by atoms with Crippen LogP contribution in [0.1, 0.15) is 11.1 Å². The fourth-order valence-electron chi connectivity index (χ4n) is 1.65. The van der Waals surface area contributed by atoms with Crippen molar-refractivity contribution in [2.45, 2.75) is 13.5 Å². The number of hydrogen-bond donors (Lipinski definition) is 1. The molecule has 0 fully saturated rings. The summed E-state index contributed by atoms with van der Waals surface area (Å²) in [6, 6.07) is 7.94. The molecule has 0 amide bonds. The first-order chi connectivity index (χ1) is 8.97. The maximum Gasteiger partial charge on any atom is 0.150 e. The summed E-state index contributed by atoms with van der Waals surface area (Å²) in [5.74, 6) is -1.27. The summed E-state index contributed by atoms with van der Waals surface area (Å²) < 4.78 is 27.6. The average molecular weight is 347 g/mol. The highest BCUT2D eigenvalue weighted by Gasteiger charge is 2.10. The van der Waals surface area contributed by atoms with Crippen molar-refractivity contribution >= 4 is 33.2 Å². The zero-order valence-electron chi connectivity index (χ0n) is 10.1. The van der Waals surface area contributed by atoms with Gasteiger partial charge in [0.1, 0.15) is 17.3 Å². The standard InChI is InChI=1S/C14H11BrClF2N/c1-8-2-3-9(4-11(8)16)7-19-14-12(17)5-10(15)6-13(14)18/h2-6,19H,7H2,1H3. The van der Waals surface area contributed by atoms with Gasteiger partial charge in [-0.1, -0.05) is 39.7 Å². The molecule has 2 aromatic rings. The van der Waals surface area contributed by atoms with Crippen LogP contribution in [-0.4, -0.2) is 0 Å². The second kappa shape index (κ2) is 5.88. The van der Waals surface area contributed by atoms with E-state index < -0.39 is 11.6 Å². The van der Waals surface area contributed by atoms with Gasteiger partial charge in [0.05, 0.1) is 0 Å². The molecular weight excluding hydrogens is 336 g/mol. The number of halogens is 4. The van der Waals surface area contributed by atoms with Gasteiger partial charge in [0.25, 0.3) is 0 Å². The van der Waals surface area contributed by atoms with Gasteiger partial charge in [-0.05, 0) is 36.2 Å². The van der Waals surface area contributed by atoms with E-state index in [1.807, 2.05) is 19.1 Å². The summed E-state index contributed by atoms with van der Waals surface area (Å²) in [6.07, 6.45) is 0. The fraction of sp³-hybridized carbons (Fsp3) is 0.143. The minimum Gasteiger partial charge on any atom is -0.376 e. The quantitative estimate of drug-likeness (QED) is 0.795. The summed E-state index contributed by atoms with van der Waals surface area (Å²) in [4.78, 5) is 0. The van der Waals surface area contributed by atoms with Crippen molar-refractivity contribution in [2.75, 3.05) is 5.32 Å². The number of aryl methyl sites for hydroxylation is 1. The van der Waals surface area contributed by atoms with Crippen molar-refractivity contribution < 1.29 is 8.78 Å². The zero-order valence-corrected chi connectivity index (χ0v) is 12.4. The van der Waals surface area contributed by atoms with E-state index in [4.69, 9.17) is 11.6 Å². The van der Waals surface area contributed by atoms with E-state index in [-0.39, 0.29) is 5.69 Å². The number of anilines is 1. The topological polar surface area (TPSA) is 12.0 Å². The molecule has 0 aliphatic rings. The second-order valence-corrected chi connectivity index (χ2v) is 5.50. The molecule has 0 aromatic heterocycles. The van der Waals surface area contributed by atoms with Crippen molar-refractivity contribution in [3.05, 3.63) is 62.6 Å². The van der Waals surface area contributed by atoms with Gasteiger partial charge < -0.3 is 5.32 Å². The summed E-state index contributed by atoms with van der Waals surface area (Å²) in [5, 5.41) is 3.38. The number of hydrogen-bond acceptors (Lipinski definition) is 1. The Bertz CT molecular complexity index is 593. The average Bonchev–Trinajstić information content (AvgIpc) is 2.32. The molecule has 0 aliphatic heterocycles. The van der Waals surface area contributed by atoms with E-state index in [1.54, 1.807) is 6.07 Å². The molecule has 2 rings (SSSR count). The maximum absolute atomic E-state index is 13.6. The molecule has 0 aliphatic carbocycles.